The van der Waals surface area contributed by atoms with Crippen LogP contribution in [0.1, 0.15) is 44.2 Å². The van der Waals surface area contributed by atoms with Crippen molar-refractivity contribution in [3.8, 4) is 0 Å². The predicted molar refractivity (Wildman–Crippen MR) is 120 cm³/mol. The lowest BCUT2D eigenvalue weighted by atomic mass is 10.1. The molecule has 0 saturated carbocycles. The smallest absolute Gasteiger partial charge is 0.316 e. The molecule has 1 aromatic carbocycles. The van der Waals surface area contributed by atoms with Gasteiger partial charge in [-0.15, -0.1) is 5.06 Å². The first-order valence-electron chi connectivity index (χ1n) is 11.1. The lowest BCUT2D eigenvalue weighted by molar-refractivity contribution is -0.171. The van der Waals surface area contributed by atoms with E-state index < -0.39 is 17.9 Å². The number of aromatic nitrogens is 1. The number of benzene rings is 1. The van der Waals surface area contributed by atoms with Crippen molar-refractivity contribution in [2.24, 2.45) is 0 Å². The van der Waals surface area contributed by atoms with Crippen molar-refractivity contribution in [2.45, 2.75) is 46.2 Å². The summed E-state index contributed by atoms with van der Waals surface area (Å²) in [6.45, 7) is 9.51. The Labute approximate surface area is 188 Å². The summed E-state index contributed by atoms with van der Waals surface area (Å²) in [7, 11) is 0. The minimum absolute atomic E-state index is 0.0664. The second kappa shape index (κ2) is 11.5. The van der Waals surface area contributed by atoms with Gasteiger partial charge in [-0.1, -0.05) is 19.9 Å². The maximum absolute atomic E-state index is 11.9. The molecule has 32 heavy (non-hydrogen) atoms. The van der Waals surface area contributed by atoms with Crippen LogP contribution in [0, 0.1) is 0 Å². The minimum atomic E-state index is -0.838. The summed E-state index contributed by atoms with van der Waals surface area (Å²) in [4.78, 5) is 46.7. The maximum Gasteiger partial charge on any atom is 0.432 e. The van der Waals surface area contributed by atoms with Crippen LogP contribution in [0.5, 0.6) is 0 Å². The Morgan fingerprint density at radius 3 is 2.53 bits per heavy atom. The van der Waals surface area contributed by atoms with E-state index in [-0.39, 0.29) is 19.4 Å². The first-order valence-corrected chi connectivity index (χ1v) is 11.1. The SMILES string of the molecule is CCN(CC)CCCNCc1cnc2ccc(CNC(=O)ON3C(=O)CCC3=O)cc2c1. The van der Waals surface area contributed by atoms with E-state index in [1.54, 1.807) is 0 Å². The number of fused-ring (bicyclic) bond motifs is 1. The highest BCUT2D eigenvalue weighted by molar-refractivity contribution is 6.01. The summed E-state index contributed by atoms with van der Waals surface area (Å²) in [6.07, 6.45) is 2.27. The second-order valence-corrected chi connectivity index (χ2v) is 7.74. The van der Waals surface area contributed by atoms with Crippen molar-refractivity contribution in [1.29, 1.82) is 0 Å². The summed E-state index contributed by atoms with van der Waals surface area (Å²) in [5.41, 5.74) is 2.82. The fraction of sp³-hybridized carbons (Fsp3) is 0.478. The molecule has 172 valence electrons. The van der Waals surface area contributed by atoms with Crippen LogP contribution in [0.3, 0.4) is 0 Å². The van der Waals surface area contributed by atoms with Crippen molar-refractivity contribution in [2.75, 3.05) is 26.2 Å². The zero-order valence-electron chi connectivity index (χ0n) is 18.7. The topological polar surface area (TPSA) is 104 Å². The van der Waals surface area contributed by atoms with Crippen molar-refractivity contribution in [3.05, 3.63) is 41.6 Å². The van der Waals surface area contributed by atoms with Crippen LogP contribution >= 0.6 is 0 Å². The Morgan fingerprint density at radius 1 is 1.09 bits per heavy atom. The number of imide groups is 1. The molecule has 0 spiro atoms. The molecule has 1 aliphatic heterocycles. The fourth-order valence-electron chi connectivity index (χ4n) is 3.58. The van der Waals surface area contributed by atoms with E-state index in [9.17, 15) is 14.4 Å². The number of hydrogen-bond acceptors (Lipinski definition) is 7. The van der Waals surface area contributed by atoms with E-state index in [1.807, 2.05) is 24.4 Å². The predicted octanol–water partition coefficient (Wildman–Crippen LogP) is 2.35. The number of nitrogens with zero attached hydrogens (tertiary/aromatic N) is 3. The summed E-state index contributed by atoms with van der Waals surface area (Å²) < 4.78 is 0. The molecule has 1 saturated heterocycles. The molecule has 0 aliphatic carbocycles. The standard InChI is InChI=1S/C23H31N5O4/c1-3-27(4-2)11-5-10-24-14-18-13-19-12-17(6-7-20(19)25-16-18)15-26-23(31)32-28-21(29)8-9-22(28)30/h6-7,12-13,16,24H,3-5,8-11,14-15H2,1-2H3,(H,26,31). The second-order valence-electron chi connectivity index (χ2n) is 7.74. The van der Waals surface area contributed by atoms with E-state index in [1.165, 1.54) is 0 Å². The van der Waals surface area contributed by atoms with Crippen molar-refractivity contribution in [1.82, 2.24) is 25.6 Å². The van der Waals surface area contributed by atoms with Gasteiger partial charge in [0, 0.05) is 37.5 Å². The molecular weight excluding hydrogens is 410 g/mol. The molecule has 0 unspecified atom stereocenters. The van der Waals surface area contributed by atoms with Crippen molar-refractivity contribution in [3.63, 3.8) is 0 Å². The van der Waals surface area contributed by atoms with Gasteiger partial charge >= 0.3 is 6.09 Å². The van der Waals surface area contributed by atoms with Crippen molar-refractivity contribution < 1.29 is 19.2 Å². The van der Waals surface area contributed by atoms with E-state index in [2.05, 4.69) is 40.4 Å². The summed E-state index contributed by atoms with van der Waals surface area (Å²) >= 11 is 0. The van der Waals surface area contributed by atoms with Crippen LogP contribution in [0.25, 0.3) is 10.9 Å². The molecule has 1 aromatic heterocycles. The molecular formula is C23H31N5O4. The molecule has 0 radical (unpaired) electrons. The molecule has 1 fully saturated rings. The van der Waals surface area contributed by atoms with Crippen LogP contribution in [0.15, 0.2) is 30.5 Å². The van der Waals surface area contributed by atoms with Crippen molar-refractivity contribution >= 4 is 28.8 Å². The van der Waals surface area contributed by atoms with Gasteiger partial charge in [0.15, 0.2) is 0 Å². The van der Waals surface area contributed by atoms with E-state index in [0.717, 1.165) is 61.2 Å². The third kappa shape index (κ3) is 6.48. The molecule has 0 bridgehead atoms. The first-order chi connectivity index (χ1) is 15.5. The van der Waals surface area contributed by atoms with Gasteiger partial charge in [-0.2, -0.15) is 0 Å². The van der Waals surface area contributed by atoms with E-state index >= 15 is 0 Å². The van der Waals surface area contributed by atoms with Crippen LogP contribution in [-0.4, -0.2) is 59.0 Å². The molecule has 3 amide bonds. The molecule has 0 atom stereocenters. The quantitative estimate of drug-likeness (QED) is 0.407. The largest absolute Gasteiger partial charge is 0.432 e. The van der Waals surface area contributed by atoms with Gasteiger partial charge in [0.1, 0.15) is 0 Å². The number of hydrogen-bond donors (Lipinski definition) is 2. The normalized spacial score (nSPS) is 13.9. The number of hydroxylamine groups is 2. The fourth-order valence-corrected chi connectivity index (χ4v) is 3.58. The van der Waals surface area contributed by atoms with Gasteiger partial charge in [-0.25, -0.2) is 4.79 Å². The molecule has 3 rings (SSSR count). The first kappa shape index (κ1) is 23.6. The average molecular weight is 442 g/mol. The lowest BCUT2D eigenvalue weighted by Gasteiger charge is -2.17. The molecule has 2 aromatic rings. The Morgan fingerprint density at radius 2 is 1.81 bits per heavy atom. The zero-order valence-corrected chi connectivity index (χ0v) is 18.7. The molecule has 2 heterocycles. The van der Waals surface area contributed by atoms with Crippen LogP contribution in [-0.2, 0) is 27.5 Å². The van der Waals surface area contributed by atoms with Gasteiger partial charge in [0.05, 0.1) is 5.52 Å². The molecule has 2 N–H and O–H groups in total. The average Bonchev–Trinajstić information content (AvgIpc) is 3.11. The highest BCUT2D eigenvalue weighted by atomic mass is 16.7. The lowest BCUT2D eigenvalue weighted by Crippen LogP contribution is -2.36. The highest BCUT2D eigenvalue weighted by Gasteiger charge is 2.32. The van der Waals surface area contributed by atoms with E-state index in [4.69, 9.17) is 4.84 Å². The third-order valence-corrected chi connectivity index (χ3v) is 5.47. The van der Waals surface area contributed by atoms with Crippen LogP contribution in [0.2, 0.25) is 0 Å². The Kier molecular flexibility index (Phi) is 8.52. The van der Waals surface area contributed by atoms with Crippen LogP contribution in [0.4, 0.5) is 4.79 Å². The molecule has 9 nitrogen and oxygen atoms in total. The third-order valence-electron chi connectivity index (χ3n) is 5.47. The number of carbonyl (C=O) groups is 3. The van der Waals surface area contributed by atoms with Gasteiger partial charge in [0.25, 0.3) is 11.8 Å². The number of pyridine rings is 1. The van der Waals surface area contributed by atoms with Gasteiger partial charge < -0.3 is 20.4 Å². The molecule has 1 aliphatic rings. The number of rotatable bonds is 11. The minimum Gasteiger partial charge on any atom is -0.316 e. The Hall–Kier alpha value is -3.04. The highest BCUT2D eigenvalue weighted by Crippen LogP contribution is 2.16. The molecule has 9 heteroatoms. The Balaban J connectivity index is 1.49. The van der Waals surface area contributed by atoms with Crippen LogP contribution < -0.4 is 10.6 Å². The summed E-state index contributed by atoms with van der Waals surface area (Å²) in [6, 6.07) is 7.81. The summed E-state index contributed by atoms with van der Waals surface area (Å²) in [5.74, 6) is -1.01. The number of nitrogens with one attached hydrogen (secondary N) is 2. The van der Waals surface area contributed by atoms with Gasteiger partial charge in [-0.05, 0) is 61.9 Å². The van der Waals surface area contributed by atoms with E-state index in [0.29, 0.717) is 5.06 Å². The monoisotopic (exact) mass is 441 g/mol. The van der Waals surface area contributed by atoms with Gasteiger partial charge in [0.2, 0.25) is 0 Å². The maximum atomic E-state index is 11.9. The van der Waals surface area contributed by atoms with Gasteiger partial charge in [-0.3, -0.25) is 14.6 Å². The summed E-state index contributed by atoms with van der Waals surface area (Å²) in [5, 5.41) is 7.54. The zero-order chi connectivity index (χ0) is 22.9. The number of carbonyl (C=O) groups excluding carboxylic acids is 3. The Bertz CT molecular complexity index is 945. The number of amides is 3.